The second kappa shape index (κ2) is 5.73. The molecule has 0 bridgehead atoms. The number of halogens is 3. The van der Waals surface area contributed by atoms with Gasteiger partial charge in [-0.05, 0) is 34.1 Å². The molecule has 0 amide bonds. The SMILES string of the molecule is CNc1ncnc(Nc2ccc(Cl)c(Cl)c2)c1Br. The molecule has 2 N–H and O–H groups in total. The van der Waals surface area contributed by atoms with Gasteiger partial charge in [0, 0.05) is 12.7 Å². The van der Waals surface area contributed by atoms with Crippen molar-refractivity contribution in [3.63, 3.8) is 0 Å². The maximum Gasteiger partial charge on any atom is 0.150 e. The minimum absolute atomic E-state index is 0.487. The van der Waals surface area contributed by atoms with E-state index < -0.39 is 0 Å². The molecule has 2 rings (SSSR count). The molecule has 1 heterocycles. The molecule has 0 unspecified atom stereocenters. The topological polar surface area (TPSA) is 49.8 Å². The Hall–Kier alpha value is -1.04. The maximum absolute atomic E-state index is 5.95. The summed E-state index contributed by atoms with van der Waals surface area (Å²) in [5.74, 6) is 1.35. The van der Waals surface area contributed by atoms with E-state index in [2.05, 4.69) is 36.5 Å². The predicted molar refractivity (Wildman–Crippen MR) is 79.0 cm³/mol. The lowest BCUT2D eigenvalue weighted by molar-refractivity contribution is 1.14. The molecule has 1 aromatic carbocycles. The summed E-state index contributed by atoms with van der Waals surface area (Å²) in [7, 11) is 1.79. The molecule has 0 saturated heterocycles. The zero-order chi connectivity index (χ0) is 13.1. The van der Waals surface area contributed by atoms with Crippen LogP contribution in [0.5, 0.6) is 0 Å². The molecular weight excluding hydrogens is 339 g/mol. The van der Waals surface area contributed by atoms with Crippen LogP contribution in [0.25, 0.3) is 0 Å². The first-order valence-corrected chi connectivity index (χ1v) is 6.57. The number of nitrogens with zero attached hydrogens (tertiary/aromatic N) is 2. The fourth-order valence-electron chi connectivity index (χ4n) is 1.34. The summed E-state index contributed by atoms with van der Waals surface area (Å²) in [6, 6.07) is 5.28. The first kappa shape index (κ1) is 13.4. The molecule has 0 radical (unpaired) electrons. The number of benzene rings is 1. The number of hydrogen-bond acceptors (Lipinski definition) is 4. The third kappa shape index (κ3) is 2.85. The Morgan fingerprint density at radius 1 is 1.11 bits per heavy atom. The van der Waals surface area contributed by atoms with Crippen LogP contribution in [0.3, 0.4) is 0 Å². The van der Waals surface area contributed by atoms with Gasteiger partial charge in [-0.2, -0.15) is 0 Å². The van der Waals surface area contributed by atoms with Crippen LogP contribution in [0.1, 0.15) is 0 Å². The normalized spacial score (nSPS) is 10.2. The number of anilines is 3. The van der Waals surface area contributed by atoms with Crippen molar-refractivity contribution < 1.29 is 0 Å². The standard InChI is InChI=1S/C11H9BrCl2N4/c1-15-10-9(12)11(17-5-16-10)18-6-2-3-7(13)8(14)4-6/h2-5H,1H3,(H2,15,16,17,18). The molecule has 0 saturated carbocycles. The number of rotatable bonds is 3. The minimum Gasteiger partial charge on any atom is -0.372 e. The Morgan fingerprint density at radius 2 is 1.83 bits per heavy atom. The van der Waals surface area contributed by atoms with Crippen molar-refractivity contribution >= 4 is 56.5 Å². The van der Waals surface area contributed by atoms with E-state index in [-0.39, 0.29) is 0 Å². The molecule has 94 valence electrons. The Balaban J connectivity index is 2.31. The van der Waals surface area contributed by atoms with Crippen molar-refractivity contribution in [3.8, 4) is 0 Å². The molecule has 1 aromatic heterocycles. The Kier molecular flexibility index (Phi) is 4.27. The van der Waals surface area contributed by atoms with E-state index in [0.717, 1.165) is 10.2 Å². The van der Waals surface area contributed by atoms with Crippen LogP contribution in [0, 0.1) is 0 Å². The molecule has 0 aliphatic heterocycles. The molecule has 0 aliphatic carbocycles. The quantitative estimate of drug-likeness (QED) is 0.867. The second-order valence-corrected chi connectivity index (χ2v) is 5.00. The van der Waals surface area contributed by atoms with Gasteiger partial charge in [-0.3, -0.25) is 0 Å². The molecule has 0 spiro atoms. The Labute approximate surface area is 123 Å². The molecule has 18 heavy (non-hydrogen) atoms. The van der Waals surface area contributed by atoms with Crippen molar-refractivity contribution in [3.05, 3.63) is 39.0 Å². The van der Waals surface area contributed by atoms with Gasteiger partial charge < -0.3 is 10.6 Å². The monoisotopic (exact) mass is 346 g/mol. The van der Waals surface area contributed by atoms with Crippen molar-refractivity contribution in [1.29, 1.82) is 0 Å². The zero-order valence-corrected chi connectivity index (χ0v) is 12.4. The smallest absolute Gasteiger partial charge is 0.150 e. The van der Waals surface area contributed by atoms with Crippen LogP contribution >= 0.6 is 39.1 Å². The van der Waals surface area contributed by atoms with Gasteiger partial charge in [-0.25, -0.2) is 9.97 Å². The minimum atomic E-state index is 0.487. The average molecular weight is 348 g/mol. The molecule has 0 fully saturated rings. The summed E-state index contributed by atoms with van der Waals surface area (Å²) in [5, 5.41) is 7.09. The third-order valence-corrected chi connectivity index (χ3v) is 3.70. The van der Waals surface area contributed by atoms with E-state index in [0.29, 0.717) is 21.7 Å². The van der Waals surface area contributed by atoms with Gasteiger partial charge in [0.25, 0.3) is 0 Å². The molecule has 2 aromatic rings. The van der Waals surface area contributed by atoms with Crippen molar-refractivity contribution in [1.82, 2.24) is 9.97 Å². The number of hydrogen-bond donors (Lipinski definition) is 2. The van der Waals surface area contributed by atoms with Crippen molar-refractivity contribution in [2.75, 3.05) is 17.7 Å². The lowest BCUT2D eigenvalue weighted by Crippen LogP contribution is -2.00. The average Bonchev–Trinajstić information content (AvgIpc) is 2.36. The van der Waals surface area contributed by atoms with Gasteiger partial charge >= 0.3 is 0 Å². The summed E-state index contributed by atoms with van der Waals surface area (Å²) >= 11 is 15.2. The van der Waals surface area contributed by atoms with Gasteiger partial charge in [0.1, 0.15) is 22.4 Å². The molecular formula is C11H9BrCl2N4. The summed E-state index contributed by atoms with van der Waals surface area (Å²) < 4.78 is 0.749. The van der Waals surface area contributed by atoms with Gasteiger partial charge in [-0.1, -0.05) is 23.2 Å². The molecule has 0 atom stereocenters. The van der Waals surface area contributed by atoms with E-state index in [1.807, 2.05) is 6.07 Å². The fraction of sp³-hybridized carbons (Fsp3) is 0.0909. The van der Waals surface area contributed by atoms with Crippen molar-refractivity contribution in [2.45, 2.75) is 0 Å². The van der Waals surface area contributed by atoms with E-state index >= 15 is 0 Å². The summed E-state index contributed by atoms with van der Waals surface area (Å²) in [5.41, 5.74) is 0.797. The van der Waals surface area contributed by atoms with Gasteiger partial charge in [0.05, 0.1) is 10.0 Å². The lowest BCUT2D eigenvalue weighted by atomic mass is 10.3. The van der Waals surface area contributed by atoms with E-state index in [1.54, 1.807) is 19.2 Å². The van der Waals surface area contributed by atoms with E-state index in [4.69, 9.17) is 23.2 Å². The summed E-state index contributed by atoms with van der Waals surface area (Å²) in [4.78, 5) is 8.22. The Morgan fingerprint density at radius 3 is 2.50 bits per heavy atom. The van der Waals surface area contributed by atoms with E-state index in [1.165, 1.54) is 6.33 Å². The molecule has 4 nitrogen and oxygen atoms in total. The summed E-state index contributed by atoms with van der Waals surface area (Å²) in [6.07, 6.45) is 1.47. The zero-order valence-electron chi connectivity index (χ0n) is 9.34. The first-order chi connectivity index (χ1) is 8.61. The van der Waals surface area contributed by atoms with Crippen LogP contribution in [0.15, 0.2) is 29.0 Å². The largest absolute Gasteiger partial charge is 0.372 e. The first-order valence-electron chi connectivity index (χ1n) is 5.02. The highest BCUT2D eigenvalue weighted by molar-refractivity contribution is 9.10. The second-order valence-electron chi connectivity index (χ2n) is 3.39. The predicted octanol–water partition coefficient (Wildman–Crippen LogP) is 4.33. The molecule has 0 aliphatic rings. The van der Waals surface area contributed by atoms with Gasteiger partial charge in [0.2, 0.25) is 0 Å². The molecule has 7 heteroatoms. The van der Waals surface area contributed by atoms with Crippen LogP contribution in [0.2, 0.25) is 10.0 Å². The number of aromatic nitrogens is 2. The number of nitrogens with one attached hydrogen (secondary N) is 2. The maximum atomic E-state index is 5.95. The van der Waals surface area contributed by atoms with Crippen LogP contribution in [-0.4, -0.2) is 17.0 Å². The van der Waals surface area contributed by atoms with Crippen molar-refractivity contribution in [2.24, 2.45) is 0 Å². The van der Waals surface area contributed by atoms with Gasteiger partial charge in [-0.15, -0.1) is 0 Å². The Bertz CT molecular complexity index is 577. The lowest BCUT2D eigenvalue weighted by Gasteiger charge is -2.10. The van der Waals surface area contributed by atoms with E-state index in [9.17, 15) is 0 Å². The highest BCUT2D eigenvalue weighted by Gasteiger charge is 2.08. The fourth-order valence-corrected chi connectivity index (χ4v) is 2.14. The van der Waals surface area contributed by atoms with Crippen LogP contribution in [-0.2, 0) is 0 Å². The summed E-state index contributed by atoms with van der Waals surface area (Å²) in [6.45, 7) is 0. The third-order valence-electron chi connectivity index (χ3n) is 2.21. The highest BCUT2D eigenvalue weighted by Crippen LogP contribution is 2.31. The van der Waals surface area contributed by atoms with Gasteiger partial charge in [0.15, 0.2) is 0 Å². The highest BCUT2D eigenvalue weighted by atomic mass is 79.9. The van der Waals surface area contributed by atoms with Crippen LogP contribution in [0.4, 0.5) is 17.3 Å². The van der Waals surface area contributed by atoms with Crippen LogP contribution < -0.4 is 10.6 Å².